The minimum absolute atomic E-state index is 0.0678. The average Bonchev–Trinajstić information content (AvgIpc) is 3.24. The van der Waals surface area contributed by atoms with Crippen molar-refractivity contribution in [2.24, 2.45) is 0 Å². The van der Waals surface area contributed by atoms with E-state index in [1.807, 2.05) is 11.1 Å². The standard InChI is InChI=1S/C19H19N5O2/c25-19(23-10-3-4-15(13-23)24-11-9-21-14-24)17-6-2-8-22-18(17)26-16-5-1-7-20-12-16/h1-2,5-9,11-12,14-15H,3-4,10,13H2/t15-/m0/s1. The fraction of sp³-hybridized carbons (Fsp3) is 0.263. The van der Waals surface area contributed by atoms with Crippen LogP contribution in [-0.4, -0.2) is 43.4 Å². The van der Waals surface area contributed by atoms with Gasteiger partial charge in [0.15, 0.2) is 0 Å². The minimum atomic E-state index is -0.0678. The van der Waals surface area contributed by atoms with Crippen LogP contribution in [0.1, 0.15) is 29.2 Å². The van der Waals surface area contributed by atoms with Crippen molar-refractivity contribution < 1.29 is 9.53 Å². The molecule has 0 aromatic carbocycles. The zero-order chi connectivity index (χ0) is 17.8. The molecule has 3 aromatic heterocycles. The molecule has 0 radical (unpaired) electrons. The fourth-order valence-electron chi connectivity index (χ4n) is 3.19. The van der Waals surface area contributed by atoms with Crippen LogP contribution in [0.5, 0.6) is 11.6 Å². The van der Waals surface area contributed by atoms with E-state index in [9.17, 15) is 4.79 Å². The van der Waals surface area contributed by atoms with Crippen LogP contribution in [0, 0.1) is 0 Å². The maximum atomic E-state index is 13.1. The molecular weight excluding hydrogens is 330 g/mol. The van der Waals surface area contributed by atoms with Gasteiger partial charge >= 0.3 is 0 Å². The molecule has 132 valence electrons. The van der Waals surface area contributed by atoms with Crippen LogP contribution in [0.2, 0.25) is 0 Å². The molecule has 1 aliphatic heterocycles. The Morgan fingerprint density at radius 2 is 2.08 bits per heavy atom. The number of nitrogens with zero attached hydrogens (tertiary/aromatic N) is 5. The van der Waals surface area contributed by atoms with Gasteiger partial charge in [-0.05, 0) is 37.1 Å². The molecule has 0 bridgehead atoms. The fourth-order valence-corrected chi connectivity index (χ4v) is 3.19. The zero-order valence-electron chi connectivity index (χ0n) is 14.2. The lowest BCUT2D eigenvalue weighted by atomic mass is 10.0. The van der Waals surface area contributed by atoms with Gasteiger partial charge in [-0.3, -0.25) is 9.78 Å². The number of hydrogen-bond donors (Lipinski definition) is 0. The van der Waals surface area contributed by atoms with Crippen molar-refractivity contribution in [2.45, 2.75) is 18.9 Å². The first-order chi connectivity index (χ1) is 12.8. The zero-order valence-corrected chi connectivity index (χ0v) is 14.2. The van der Waals surface area contributed by atoms with Gasteiger partial charge in [0.1, 0.15) is 11.3 Å². The molecule has 1 atom stereocenters. The molecule has 1 fully saturated rings. The smallest absolute Gasteiger partial charge is 0.259 e. The second kappa shape index (κ2) is 7.35. The van der Waals surface area contributed by atoms with Crippen molar-refractivity contribution >= 4 is 5.91 Å². The Balaban J connectivity index is 1.54. The first kappa shape index (κ1) is 16.3. The van der Waals surface area contributed by atoms with E-state index in [-0.39, 0.29) is 11.9 Å². The van der Waals surface area contributed by atoms with Crippen LogP contribution in [-0.2, 0) is 0 Å². The number of piperidine rings is 1. The van der Waals surface area contributed by atoms with Crippen LogP contribution in [0.25, 0.3) is 0 Å². The molecule has 0 spiro atoms. The molecule has 0 saturated carbocycles. The second-order valence-electron chi connectivity index (χ2n) is 6.20. The number of aromatic nitrogens is 4. The average molecular weight is 349 g/mol. The number of imidazole rings is 1. The number of pyridine rings is 2. The number of hydrogen-bond acceptors (Lipinski definition) is 5. The molecule has 3 aromatic rings. The van der Waals surface area contributed by atoms with E-state index in [0.717, 1.165) is 19.4 Å². The molecule has 26 heavy (non-hydrogen) atoms. The summed E-state index contributed by atoms with van der Waals surface area (Å²) < 4.78 is 7.85. The van der Waals surface area contributed by atoms with Crippen molar-refractivity contribution in [3.8, 4) is 11.6 Å². The lowest BCUT2D eigenvalue weighted by Crippen LogP contribution is -2.40. The minimum Gasteiger partial charge on any atom is -0.437 e. The van der Waals surface area contributed by atoms with Gasteiger partial charge in [0.05, 0.1) is 18.6 Å². The highest BCUT2D eigenvalue weighted by atomic mass is 16.5. The summed E-state index contributed by atoms with van der Waals surface area (Å²) in [6.45, 7) is 1.38. The molecule has 1 aliphatic rings. The van der Waals surface area contributed by atoms with Gasteiger partial charge in [0.2, 0.25) is 5.88 Å². The number of ether oxygens (including phenoxy) is 1. The van der Waals surface area contributed by atoms with Gasteiger partial charge in [-0.15, -0.1) is 0 Å². The summed E-state index contributed by atoms with van der Waals surface area (Å²) in [5.41, 5.74) is 0.461. The van der Waals surface area contributed by atoms with Gasteiger partial charge in [0.25, 0.3) is 5.91 Å². The summed E-state index contributed by atoms with van der Waals surface area (Å²) in [5, 5.41) is 0. The van der Waals surface area contributed by atoms with Crippen LogP contribution in [0.15, 0.2) is 61.6 Å². The quantitative estimate of drug-likeness (QED) is 0.724. The molecule has 7 nitrogen and oxygen atoms in total. The summed E-state index contributed by atoms with van der Waals surface area (Å²) in [4.78, 5) is 27.3. The van der Waals surface area contributed by atoms with Gasteiger partial charge in [0, 0.05) is 37.9 Å². The van der Waals surface area contributed by atoms with E-state index in [1.54, 1.807) is 55.4 Å². The molecule has 0 aliphatic carbocycles. The lowest BCUT2D eigenvalue weighted by molar-refractivity contribution is 0.0676. The van der Waals surface area contributed by atoms with Gasteiger partial charge in [-0.2, -0.15) is 0 Å². The van der Waals surface area contributed by atoms with Gasteiger partial charge in [-0.25, -0.2) is 9.97 Å². The summed E-state index contributed by atoms with van der Waals surface area (Å²) >= 11 is 0. The Hall–Kier alpha value is -3.22. The molecule has 0 unspecified atom stereocenters. The van der Waals surface area contributed by atoms with Crippen LogP contribution >= 0.6 is 0 Å². The molecule has 7 heteroatoms. The Labute approximate surface area is 151 Å². The topological polar surface area (TPSA) is 73.1 Å². The second-order valence-corrected chi connectivity index (χ2v) is 6.20. The number of rotatable bonds is 4. The monoisotopic (exact) mass is 349 g/mol. The Morgan fingerprint density at radius 1 is 1.15 bits per heavy atom. The first-order valence-corrected chi connectivity index (χ1v) is 8.61. The summed E-state index contributed by atoms with van der Waals surface area (Å²) in [6, 6.07) is 7.31. The maximum absolute atomic E-state index is 13.1. The van der Waals surface area contributed by atoms with Crippen LogP contribution in [0.4, 0.5) is 0 Å². The lowest BCUT2D eigenvalue weighted by Gasteiger charge is -2.33. The van der Waals surface area contributed by atoms with Crippen molar-refractivity contribution in [2.75, 3.05) is 13.1 Å². The SMILES string of the molecule is O=C(c1cccnc1Oc1cccnc1)N1CCC[C@H](n2ccnc2)C1. The predicted molar refractivity (Wildman–Crippen MR) is 94.9 cm³/mol. The third-order valence-electron chi connectivity index (χ3n) is 4.48. The predicted octanol–water partition coefficient (Wildman–Crippen LogP) is 2.94. The van der Waals surface area contributed by atoms with E-state index in [0.29, 0.717) is 23.7 Å². The highest BCUT2D eigenvalue weighted by molar-refractivity contribution is 5.96. The molecular formula is C19H19N5O2. The van der Waals surface area contributed by atoms with E-state index >= 15 is 0 Å². The van der Waals surface area contributed by atoms with E-state index in [1.165, 1.54) is 0 Å². The Kier molecular flexibility index (Phi) is 4.59. The molecule has 1 amide bonds. The third kappa shape index (κ3) is 3.42. The largest absolute Gasteiger partial charge is 0.437 e. The van der Waals surface area contributed by atoms with Gasteiger partial charge < -0.3 is 14.2 Å². The molecule has 0 N–H and O–H groups in total. The van der Waals surface area contributed by atoms with Crippen molar-refractivity contribution in [1.29, 1.82) is 0 Å². The normalized spacial score (nSPS) is 17.1. The summed E-state index contributed by atoms with van der Waals surface area (Å²) in [7, 11) is 0. The first-order valence-electron chi connectivity index (χ1n) is 8.61. The summed E-state index contributed by atoms with van der Waals surface area (Å²) in [5.74, 6) is 0.784. The highest BCUT2D eigenvalue weighted by Crippen LogP contribution is 2.27. The van der Waals surface area contributed by atoms with Gasteiger partial charge in [-0.1, -0.05) is 0 Å². The van der Waals surface area contributed by atoms with E-state index < -0.39 is 0 Å². The van der Waals surface area contributed by atoms with E-state index in [4.69, 9.17) is 4.74 Å². The summed E-state index contributed by atoms with van der Waals surface area (Å²) in [6.07, 6.45) is 12.4. The Bertz CT molecular complexity index is 867. The third-order valence-corrected chi connectivity index (χ3v) is 4.48. The van der Waals surface area contributed by atoms with Crippen LogP contribution < -0.4 is 4.74 Å². The van der Waals surface area contributed by atoms with E-state index in [2.05, 4.69) is 19.5 Å². The van der Waals surface area contributed by atoms with Crippen molar-refractivity contribution in [1.82, 2.24) is 24.4 Å². The van der Waals surface area contributed by atoms with Crippen LogP contribution in [0.3, 0.4) is 0 Å². The molecule has 4 rings (SSSR count). The maximum Gasteiger partial charge on any atom is 0.259 e. The molecule has 1 saturated heterocycles. The Morgan fingerprint density at radius 3 is 2.88 bits per heavy atom. The number of amides is 1. The van der Waals surface area contributed by atoms with Crippen molar-refractivity contribution in [3.63, 3.8) is 0 Å². The molecule has 4 heterocycles. The van der Waals surface area contributed by atoms with Crippen molar-refractivity contribution in [3.05, 3.63) is 67.1 Å². The number of likely N-dealkylation sites (tertiary alicyclic amines) is 1. The number of carbonyl (C=O) groups is 1. The highest BCUT2D eigenvalue weighted by Gasteiger charge is 2.27. The number of carbonyl (C=O) groups excluding carboxylic acids is 1.